The molecule has 0 aliphatic carbocycles. The molecule has 0 aliphatic rings. The molecule has 1 heterocycles. The van der Waals surface area contributed by atoms with Gasteiger partial charge >= 0.3 is 0 Å². The molecule has 0 radical (unpaired) electrons. The molecule has 21 heavy (non-hydrogen) atoms. The van der Waals surface area contributed by atoms with Crippen molar-refractivity contribution in [1.29, 1.82) is 0 Å². The van der Waals surface area contributed by atoms with E-state index in [1.165, 1.54) is 0 Å². The van der Waals surface area contributed by atoms with Gasteiger partial charge in [0.05, 0.1) is 5.69 Å². The van der Waals surface area contributed by atoms with Crippen LogP contribution in [0.1, 0.15) is 30.1 Å². The lowest BCUT2D eigenvalue weighted by molar-refractivity contribution is 0.112. The van der Waals surface area contributed by atoms with E-state index in [1.54, 1.807) is 0 Å². The monoisotopic (exact) mass is 277 g/mol. The number of aldehydes is 1. The van der Waals surface area contributed by atoms with Crippen LogP contribution in [0.25, 0.3) is 22.2 Å². The Morgan fingerprint density at radius 1 is 1.00 bits per heavy atom. The first-order chi connectivity index (χ1) is 10.4. The summed E-state index contributed by atoms with van der Waals surface area (Å²) in [4.78, 5) is 11.7. The summed E-state index contributed by atoms with van der Waals surface area (Å²) >= 11 is 0. The van der Waals surface area contributed by atoms with Gasteiger partial charge in [0.25, 0.3) is 0 Å². The average Bonchev–Trinajstić information content (AvgIpc) is 2.87. The standard InChI is InChI=1S/C19H19NO/c1-2-3-13-20-18-12-8-7-11-16(18)17(14-21)19(20)15-9-5-4-6-10-15/h4-12,14H,2-3,13H2,1H3. The van der Waals surface area contributed by atoms with Gasteiger partial charge in [-0.3, -0.25) is 4.79 Å². The van der Waals surface area contributed by atoms with Crippen LogP contribution < -0.4 is 0 Å². The largest absolute Gasteiger partial charge is 0.340 e. The third kappa shape index (κ3) is 2.38. The highest BCUT2D eigenvalue weighted by atomic mass is 16.1. The normalized spacial score (nSPS) is 10.9. The first-order valence-corrected chi connectivity index (χ1v) is 7.48. The number of carbonyl (C=O) groups excluding carboxylic acids is 1. The third-order valence-corrected chi connectivity index (χ3v) is 3.91. The number of aryl methyl sites for hydroxylation is 1. The second-order valence-corrected chi connectivity index (χ2v) is 5.27. The summed E-state index contributed by atoms with van der Waals surface area (Å²) in [7, 11) is 0. The Balaban J connectivity index is 2.31. The van der Waals surface area contributed by atoms with Crippen molar-refractivity contribution in [3.63, 3.8) is 0 Å². The summed E-state index contributed by atoms with van der Waals surface area (Å²) in [5.41, 5.74) is 4.09. The lowest BCUT2D eigenvalue weighted by atomic mass is 10.1. The van der Waals surface area contributed by atoms with E-state index in [9.17, 15) is 4.79 Å². The van der Waals surface area contributed by atoms with Gasteiger partial charge in [0.1, 0.15) is 0 Å². The van der Waals surface area contributed by atoms with Crippen LogP contribution in [0, 0.1) is 0 Å². The average molecular weight is 277 g/mol. The molecule has 0 fully saturated rings. The summed E-state index contributed by atoms with van der Waals surface area (Å²) in [5.74, 6) is 0. The van der Waals surface area contributed by atoms with E-state index < -0.39 is 0 Å². The van der Waals surface area contributed by atoms with Gasteiger partial charge in [-0.1, -0.05) is 61.9 Å². The molecule has 1 aromatic heterocycles. The molecular weight excluding hydrogens is 258 g/mol. The third-order valence-electron chi connectivity index (χ3n) is 3.91. The molecule has 2 heteroatoms. The second-order valence-electron chi connectivity index (χ2n) is 5.27. The summed E-state index contributed by atoms with van der Waals surface area (Å²) in [6.45, 7) is 3.13. The van der Waals surface area contributed by atoms with E-state index in [-0.39, 0.29) is 0 Å². The Bertz CT molecular complexity index is 756. The predicted octanol–water partition coefficient (Wildman–Crippen LogP) is 4.92. The van der Waals surface area contributed by atoms with Gasteiger partial charge in [-0.15, -0.1) is 0 Å². The highest BCUT2D eigenvalue weighted by Gasteiger charge is 2.17. The number of nitrogens with zero attached hydrogens (tertiary/aromatic N) is 1. The van der Waals surface area contributed by atoms with Crippen LogP contribution in [0.15, 0.2) is 54.6 Å². The molecule has 2 aromatic carbocycles. The molecule has 106 valence electrons. The van der Waals surface area contributed by atoms with Gasteiger partial charge < -0.3 is 4.57 Å². The van der Waals surface area contributed by atoms with Gasteiger partial charge in [0.2, 0.25) is 0 Å². The number of hydrogen-bond acceptors (Lipinski definition) is 1. The van der Waals surface area contributed by atoms with Crippen LogP contribution in [0.3, 0.4) is 0 Å². The summed E-state index contributed by atoms with van der Waals surface area (Å²) in [5, 5.41) is 1.04. The minimum atomic E-state index is 0.799. The number of fused-ring (bicyclic) bond motifs is 1. The van der Waals surface area contributed by atoms with Crippen LogP contribution in [-0.4, -0.2) is 10.9 Å². The minimum Gasteiger partial charge on any atom is -0.340 e. The maximum atomic E-state index is 11.7. The number of benzene rings is 2. The number of rotatable bonds is 5. The molecule has 3 rings (SSSR count). The summed E-state index contributed by atoms with van der Waals surface area (Å²) < 4.78 is 2.29. The minimum absolute atomic E-state index is 0.799. The Labute approximate surface area is 125 Å². The number of aromatic nitrogens is 1. The quantitative estimate of drug-likeness (QED) is 0.607. The van der Waals surface area contributed by atoms with Crippen molar-refractivity contribution in [1.82, 2.24) is 4.57 Å². The van der Waals surface area contributed by atoms with E-state index in [2.05, 4.69) is 29.7 Å². The smallest absolute Gasteiger partial charge is 0.152 e. The lowest BCUT2D eigenvalue weighted by Gasteiger charge is -2.11. The van der Waals surface area contributed by atoms with E-state index in [1.807, 2.05) is 36.4 Å². The molecule has 0 spiro atoms. The van der Waals surface area contributed by atoms with E-state index in [0.29, 0.717) is 0 Å². The molecule has 3 aromatic rings. The van der Waals surface area contributed by atoms with Gasteiger partial charge in [0.15, 0.2) is 6.29 Å². The maximum absolute atomic E-state index is 11.7. The number of hydrogen-bond donors (Lipinski definition) is 0. The van der Waals surface area contributed by atoms with Crippen molar-refractivity contribution in [2.24, 2.45) is 0 Å². The van der Waals surface area contributed by atoms with Crippen LogP contribution in [-0.2, 0) is 6.54 Å². The zero-order chi connectivity index (χ0) is 14.7. The SMILES string of the molecule is CCCCn1c(-c2ccccc2)c(C=O)c2ccccc21. The highest BCUT2D eigenvalue weighted by Crippen LogP contribution is 2.33. The van der Waals surface area contributed by atoms with E-state index >= 15 is 0 Å². The van der Waals surface area contributed by atoms with E-state index in [4.69, 9.17) is 0 Å². The molecule has 0 bridgehead atoms. The molecular formula is C19H19NO. The van der Waals surface area contributed by atoms with Crippen LogP contribution in [0.2, 0.25) is 0 Å². The van der Waals surface area contributed by atoms with Crippen LogP contribution in [0.4, 0.5) is 0 Å². The fourth-order valence-corrected chi connectivity index (χ4v) is 2.91. The van der Waals surface area contributed by atoms with Crippen molar-refractivity contribution in [3.8, 4) is 11.3 Å². The zero-order valence-corrected chi connectivity index (χ0v) is 12.3. The van der Waals surface area contributed by atoms with Crippen molar-refractivity contribution < 1.29 is 4.79 Å². The molecule has 0 amide bonds. The summed E-state index contributed by atoms with van der Waals surface area (Å²) in [6.07, 6.45) is 3.24. The predicted molar refractivity (Wildman–Crippen MR) is 87.7 cm³/mol. The second kappa shape index (κ2) is 5.96. The van der Waals surface area contributed by atoms with Crippen molar-refractivity contribution in [2.45, 2.75) is 26.3 Å². The van der Waals surface area contributed by atoms with Crippen molar-refractivity contribution in [3.05, 3.63) is 60.2 Å². The fourth-order valence-electron chi connectivity index (χ4n) is 2.91. The molecule has 2 nitrogen and oxygen atoms in total. The number of unbranched alkanes of at least 4 members (excludes halogenated alkanes) is 1. The molecule has 0 unspecified atom stereocenters. The molecule has 0 N–H and O–H groups in total. The van der Waals surface area contributed by atoms with Crippen LogP contribution >= 0.6 is 0 Å². The van der Waals surface area contributed by atoms with Gasteiger partial charge in [-0.05, 0) is 18.1 Å². The number of carbonyl (C=O) groups is 1. The highest BCUT2D eigenvalue weighted by molar-refractivity contribution is 6.05. The Morgan fingerprint density at radius 3 is 2.43 bits per heavy atom. The first-order valence-electron chi connectivity index (χ1n) is 7.48. The van der Waals surface area contributed by atoms with Gasteiger partial charge in [-0.25, -0.2) is 0 Å². The molecule has 0 saturated carbocycles. The Kier molecular flexibility index (Phi) is 3.87. The molecule has 0 atom stereocenters. The number of para-hydroxylation sites is 1. The zero-order valence-electron chi connectivity index (χ0n) is 12.3. The van der Waals surface area contributed by atoms with Gasteiger partial charge in [0, 0.05) is 23.0 Å². The first kappa shape index (κ1) is 13.6. The summed E-state index contributed by atoms with van der Waals surface area (Å²) in [6, 6.07) is 18.4. The van der Waals surface area contributed by atoms with Gasteiger partial charge in [-0.2, -0.15) is 0 Å². The Morgan fingerprint density at radius 2 is 1.71 bits per heavy atom. The fraction of sp³-hybridized carbons (Fsp3) is 0.211. The van der Waals surface area contributed by atoms with Crippen LogP contribution in [0.5, 0.6) is 0 Å². The lowest BCUT2D eigenvalue weighted by Crippen LogP contribution is -2.01. The molecule has 0 saturated heterocycles. The van der Waals surface area contributed by atoms with Crippen molar-refractivity contribution >= 4 is 17.2 Å². The van der Waals surface area contributed by atoms with E-state index in [0.717, 1.165) is 53.4 Å². The maximum Gasteiger partial charge on any atom is 0.152 e. The Hall–Kier alpha value is -2.35. The van der Waals surface area contributed by atoms with Crippen molar-refractivity contribution in [2.75, 3.05) is 0 Å². The molecule has 0 aliphatic heterocycles. The topological polar surface area (TPSA) is 22.0 Å².